The molecule has 1 amide bonds. The van der Waals surface area contributed by atoms with E-state index in [9.17, 15) is 23.5 Å². The number of aliphatic hydroxyl groups is 1. The molecule has 1 saturated heterocycles. The van der Waals surface area contributed by atoms with Crippen LogP contribution in [0.1, 0.15) is 23.2 Å². The lowest BCUT2D eigenvalue weighted by molar-refractivity contribution is -0.0299. The highest BCUT2D eigenvalue weighted by Gasteiger charge is 2.35. The van der Waals surface area contributed by atoms with E-state index in [2.05, 4.69) is 10.1 Å². The van der Waals surface area contributed by atoms with Gasteiger partial charge in [0, 0.05) is 18.7 Å². The molecule has 1 aliphatic heterocycles. The smallest absolute Gasteiger partial charge is 0.264 e. The van der Waals surface area contributed by atoms with E-state index in [1.165, 1.54) is 58.2 Å². The van der Waals surface area contributed by atoms with Crippen LogP contribution >= 0.6 is 0 Å². The SMILES string of the molecule is O=C(c1ccc(F)cc1)N1CCC(O)(Cn2cnc3c(cnn3-c3ccc(F)cc3)c2=O)CC1. The number of benzene rings is 2. The molecule has 0 saturated carbocycles. The van der Waals surface area contributed by atoms with Crippen molar-refractivity contribution in [3.63, 3.8) is 0 Å². The molecular formula is C24H21F2N5O3. The summed E-state index contributed by atoms with van der Waals surface area (Å²) in [4.78, 5) is 31.6. The molecule has 10 heteroatoms. The van der Waals surface area contributed by atoms with Crippen molar-refractivity contribution in [3.05, 3.63) is 88.6 Å². The van der Waals surface area contributed by atoms with Crippen molar-refractivity contribution in [2.75, 3.05) is 13.1 Å². The van der Waals surface area contributed by atoms with Crippen molar-refractivity contribution in [1.82, 2.24) is 24.2 Å². The van der Waals surface area contributed by atoms with E-state index < -0.39 is 11.4 Å². The van der Waals surface area contributed by atoms with Crippen LogP contribution in [0.15, 0.2) is 65.8 Å². The van der Waals surface area contributed by atoms with Gasteiger partial charge in [0.1, 0.15) is 23.3 Å². The van der Waals surface area contributed by atoms with Gasteiger partial charge in [0.05, 0.1) is 24.0 Å². The zero-order valence-corrected chi connectivity index (χ0v) is 18.1. The zero-order chi connectivity index (χ0) is 23.9. The highest BCUT2D eigenvalue weighted by molar-refractivity contribution is 5.94. The van der Waals surface area contributed by atoms with Gasteiger partial charge in [-0.15, -0.1) is 0 Å². The van der Waals surface area contributed by atoms with E-state index in [4.69, 9.17) is 0 Å². The highest BCUT2D eigenvalue weighted by Crippen LogP contribution is 2.25. The van der Waals surface area contributed by atoms with Crippen LogP contribution in [0.3, 0.4) is 0 Å². The zero-order valence-electron chi connectivity index (χ0n) is 18.1. The molecule has 3 heterocycles. The highest BCUT2D eigenvalue weighted by atomic mass is 19.1. The molecule has 5 rings (SSSR count). The lowest BCUT2D eigenvalue weighted by atomic mass is 9.91. The average molecular weight is 465 g/mol. The van der Waals surface area contributed by atoms with Gasteiger partial charge in [-0.1, -0.05) is 0 Å². The second-order valence-corrected chi connectivity index (χ2v) is 8.47. The Balaban J connectivity index is 1.32. The van der Waals surface area contributed by atoms with E-state index >= 15 is 0 Å². The summed E-state index contributed by atoms with van der Waals surface area (Å²) in [5, 5.41) is 15.6. The van der Waals surface area contributed by atoms with Gasteiger partial charge in [-0.2, -0.15) is 5.10 Å². The number of fused-ring (bicyclic) bond motifs is 1. The summed E-state index contributed by atoms with van der Waals surface area (Å²) < 4.78 is 29.2. The molecule has 1 aliphatic rings. The first-order chi connectivity index (χ1) is 16.3. The van der Waals surface area contributed by atoms with E-state index in [0.29, 0.717) is 30.0 Å². The maximum absolute atomic E-state index is 13.2. The Labute approximate surface area is 192 Å². The number of aromatic nitrogens is 4. The van der Waals surface area contributed by atoms with Crippen molar-refractivity contribution in [1.29, 1.82) is 0 Å². The van der Waals surface area contributed by atoms with Crippen molar-refractivity contribution < 1.29 is 18.7 Å². The number of rotatable bonds is 4. The Kier molecular flexibility index (Phi) is 5.45. The summed E-state index contributed by atoms with van der Waals surface area (Å²) in [5.41, 5.74) is -0.254. The van der Waals surface area contributed by atoms with Crippen molar-refractivity contribution in [2.24, 2.45) is 0 Å². The van der Waals surface area contributed by atoms with Gasteiger partial charge in [-0.25, -0.2) is 18.4 Å². The second-order valence-electron chi connectivity index (χ2n) is 8.47. The largest absolute Gasteiger partial charge is 0.388 e. The molecule has 0 aliphatic carbocycles. The maximum atomic E-state index is 13.2. The van der Waals surface area contributed by atoms with Crippen molar-refractivity contribution in [2.45, 2.75) is 25.0 Å². The Bertz CT molecular complexity index is 1410. The molecule has 0 atom stereocenters. The number of halogens is 2. The van der Waals surface area contributed by atoms with Crippen LogP contribution in [0.2, 0.25) is 0 Å². The molecule has 0 radical (unpaired) electrons. The third-order valence-corrected chi connectivity index (χ3v) is 6.16. The molecule has 0 bridgehead atoms. The van der Waals surface area contributed by atoms with Gasteiger partial charge in [-0.05, 0) is 61.4 Å². The number of likely N-dealkylation sites (tertiary alicyclic amines) is 1. The fourth-order valence-corrected chi connectivity index (χ4v) is 4.21. The predicted octanol–water partition coefficient (Wildman–Crippen LogP) is 2.53. The van der Waals surface area contributed by atoms with Crippen molar-refractivity contribution >= 4 is 16.9 Å². The summed E-state index contributed by atoms with van der Waals surface area (Å²) >= 11 is 0. The second kappa shape index (κ2) is 8.45. The standard InChI is InChI=1S/C24H21F2N5O3/c25-17-3-1-16(2-4-17)22(32)29-11-9-24(34,10-12-29)14-30-15-27-21-20(23(30)33)13-28-31(21)19-7-5-18(26)6-8-19/h1-8,13,15,34H,9-12,14H2. The fourth-order valence-electron chi connectivity index (χ4n) is 4.21. The fraction of sp³-hybridized carbons (Fsp3) is 0.250. The monoisotopic (exact) mass is 465 g/mol. The average Bonchev–Trinajstić information content (AvgIpc) is 3.27. The summed E-state index contributed by atoms with van der Waals surface area (Å²) in [7, 11) is 0. The van der Waals surface area contributed by atoms with Crippen LogP contribution < -0.4 is 5.56 Å². The molecule has 1 N–H and O–H groups in total. The van der Waals surface area contributed by atoms with E-state index in [0.717, 1.165) is 0 Å². The molecular weight excluding hydrogens is 444 g/mol. The van der Waals surface area contributed by atoms with Crippen LogP contribution in [0.5, 0.6) is 0 Å². The first-order valence-corrected chi connectivity index (χ1v) is 10.8. The first-order valence-electron chi connectivity index (χ1n) is 10.8. The van der Waals surface area contributed by atoms with Gasteiger partial charge < -0.3 is 10.0 Å². The van der Waals surface area contributed by atoms with Crippen LogP contribution in [0, 0.1) is 11.6 Å². The minimum Gasteiger partial charge on any atom is -0.388 e. The predicted molar refractivity (Wildman–Crippen MR) is 120 cm³/mol. The molecule has 0 spiro atoms. The molecule has 34 heavy (non-hydrogen) atoms. The molecule has 0 unspecified atom stereocenters. The Morgan fingerprint density at radius 2 is 1.62 bits per heavy atom. The summed E-state index contributed by atoms with van der Waals surface area (Å²) in [6.45, 7) is 0.633. The van der Waals surface area contributed by atoms with E-state index in [1.54, 1.807) is 17.0 Å². The molecule has 174 valence electrons. The van der Waals surface area contributed by atoms with Crippen molar-refractivity contribution in [3.8, 4) is 5.69 Å². The Morgan fingerprint density at radius 1 is 1.00 bits per heavy atom. The van der Waals surface area contributed by atoms with Crippen LogP contribution in [0.25, 0.3) is 16.7 Å². The number of carbonyl (C=O) groups is 1. The number of hydrogen-bond donors (Lipinski definition) is 1. The Hall–Kier alpha value is -3.92. The third kappa shape index (κ3) is 4.08. The number of nitrogens with zero attached hydrogens (tertiary/aromatic N) is 5. The molecule has 2 aromatic carbocycles. The van der Waals surface area contributed by atoms with E-state index in [-0.39, 0.29) is 42.1 Å². The summed E-state index contributed by atoms with van der Waals surface area (Å²) in [6, 6.07) is 11.0. The van der Waals surface area contributed by atoms with Crippen LogP contribution in [-0.4, -0.2) is 53.9 Å². The van der Waals surface area contributed by atoms with E-state index in [1.807, 2.05) is 0 Å². The minimum absolute atomic E-state index is 0.0229. The van der Waals surface area contributed by atoms with Crippen LogP contribution in [0.4, 0.5) is 8.78 Å². The normalized spacial score (nSPS) is 15.6. The summed E-state index contributed by atoms with van der Waals surface area (Å²) in [5.74, 6) is -1.02. The molecule has 4 aromatic rings. The van der Waals surface area contributed by atoms with Gasteiger partial charge in [0.25, 0.3) is 11.5 Å². The molecule has 2 aromatic heterocycles. The lowest BCUT2D eigenvalue weighted by Crippen LogP contribution is -2.49. The topological polar surface area (TPSA) is 93.2 Å². The third-order valence-electron chi connectivity index (χ3n) is 6.16. The first kappa shape index (κ1) is 21.9. The maximum Gasteiger partial charge on any atom is 0.264 e. The molecule has 1 fully saturated rings. The number of amides is 1. The van der Waals surface area contributed by atoms with Gasteiger partial charge in [-0.3, -0.25) is 14.2 Å². The van der Waals surface area contributed by atoms with Gasteiger partial charge in [0.2, 0.25) is 0 Å². The number of piperidine rings is 1. The Morgan fingerprint density at radius 3 is 2.26 bits per heavy atom. The molecule has 8 nitrogen and oxygen atoms in total. The summed E-state index contributed by atoms with van der Waals surface area (Å²) in [6.07, 6.45) is 3.32. The lowest BCUT2D eigenvalue weighted by Gasteiger charge is -2.38. The quantitative estimate of drug-likeness (QED) is 0.500. The van der Waals surface area contributed by atoms with Gasteiger partial charge in [0.15, 0.2) is 5.65 Å². The number of carbonyl (C=O) groups excluding carboxylic acids is 1. The van der Waals surface area contributed by atoms with Crippen LogP contribution in [-0.2, 0) is 6.54 Å². The minimum atomic E-state index is -1.19. The number of hydrogen-bond acceptors (Lipinski definition) is 5. The van der Waals surface area contributed by atoms with Gasteiger partial charge >= 0.3 is 0 Å².